The van der Waals surface area contributed by atoms with Gasteiger partial charge in [0.2, 0.25) is 0 Å². The first-order valence-electron chi connectivity index (χ1n) is 9.39. The van der Waals surface area contributed by atoms with Crippen LogP contribution in [0, 0.1) is 27.7 Å². The van der Waals surface area contributed by atoms with Crippen molar-refractivity contribution in [3.63, 3.8) is 0 Å². The van der Waals surface area contributed by atoms with Crippen LogP contribution in [0.4, 0.5) is 0 Å². The average molecular weight is 378 g/mol. The summed E-state index contributed by atoms with van der Waals surface area (Å²) in [6.45, 7) is 11.9. The maximum absolute atomic E-state index is 12.1. The molecule has 0 spiro atoms. The SMILES string of the molecule is CCOC(=O)C1=C(O)C(=Cc2cc(C)n(-c3cc(C)ccc3C)c2C)N=C1C. The van der Waals surface area contributed by atoms with E-state index in [-0.39, 0.29) is 17.9 Å². The van der Waals surface area contributed by atoms with E-state index >= 15 is 0 Å². The number of esters is 1. The number of ether oxygens (including phenoxy) is 1. The van der Waals surface area contributed by atoms with Gasteiger partial charge in [-0.15, -0.1) is 0 Å². The zero-order valence-electron chi connectivity index (χ0n) is 17.3. The molecule has 2 heterocycles. The number of aliphatic hydroxyl groups excluding tert-OH is 1. The molecule has 0 atom stereocenters. The molecule has 0 saturated heterocycles. The third kappa shape index (κ3) is 3.40. The second-order valence-electron chi connectivity index (χ2n) is 7.12. The maximum atomic E-state index is 12.1. The Kier molecular flexibility index (Phi) is 5.27. The normalized spacial score (nSPS) is 15.4. The number of carbonyl (C=O) groups excluding carboxylic acids is 1. The number of aromatic nitrogens is 1. The standard InChI is InChI=1S/C23H26N2O3/c1-7-28-23(27)21-16(5)24-19(22(21)26)12-18-11-15(4)25(17(18)6)20-10-13(2)8-9-14(20)3/h8-12,26H,7H2,1-6H3. The Balaban J connectivity index is 2.08. The van der Waals surface area contributed by atoms with E-state index in [1.807, 2.05) is 13.0 Å². The van der Waals surface area contributed by atoms with Crippen molar-refractivity contribution >= 4 is 17.8 Å². The smallest absolute Gasteiger partial charge is 0.343 e. The van der Waals surface area contributed by atoms with Crippen LogP contribution in [0.1, 0.15) is 41.9 Å². The molecule has 0 radical (unpaired) electrons. The number of hydrogen-bond donors (Lipinski definition) is 1. The van der Waals surface area contributed by atoms with E-state index in [1.165, 1.54) is 11.1 Å². The number of aliphatic hydroxyl groups is 1. The predicted molar refractivity (Wildman–Crippen MR) is 112 cm³/mol. The Hall–Kier alpha value is -3.08. The quantitative estimate of drug-likeness (QED) is 0.770. The van der Waals surface area contributed by atoms with Gasteiger partial charge in [-0.1, -0.05) is 12.1 Å². The topological polar surface area (TPSA) is 63.8 Å². The van der Waals surface area contributed by atoms with Crippen LogP contribution in [0.15, 0.2) is 46.3 Å². The molecular formula is C23H26N2O3. The molecule has 1 aliphatic rings. The molecule has 1 aliphatic heterocycles. The monoisotopic (exact) mass is 378 g/mol. The van der Waals surface area contributed by atoms with Crippen molar-refractivity contribution < 1.29 is 14.6 Å². The van der Waals surface area contributed by atoms with E-state index in [0.29, 0.717) is 11.4 Å². The highest BCUT2D eigenvalue weighted by molar-refractivity contribution is 6.22. The van der Waals surface area contributed by atoms with Crippen molar-refractivity contribution in [2.24, 2.45) is 4.99 Å². The molecule has 1 N–H and O–H groups in total. The molecular weight excluding hydrogens is 352 g/mol. The summed E-state index contributed by atoms with van der Waals surface area (Å²) in [5, 5.41) is 10.5. The van der Waals surface area contributed by atoms with Gasteiger partial charge in [0, 0.05) is 17.1 Å². The van der Waals surface area contributed by atoms with Gasteiger partial charge in [-0.05, 0) is 76.4 Å². The highest BCUT2D eigenvalue weighted by Gasteiger charge is 2.28. The van der Waals surface area contributed by atoms with E-state index in [4.69, 9.17) is 4.74 Å². The van der Waals surface area contributed by atoms with Gasteiger partial charge < -0.3 is 14.4 Å². The van der Waals surface area contributed by atoms with Crippen LogP contribution in [0.3, 0.4) is 0 Å². The highest BCUT2D eigenvalue weighted by Crippen LogP contribution is 2.30. The Morgan fingerprint density at radius 3 is 2.57 bits per heavy atom. The number of hydrogen-bond acceptors (Lipinski definition) is 4. The van der Waals surface area contributed by atoms with Crippen molar-refractivity contribution in [2.45, 2.75) is 41.5 Å². The molecule has 5 heteroatoms. The Morgan fingerprint density at radius 2 is 1.89 bits per heavy atom. The number of rotatable bonds is 4. The minimum atomic E-state index is -0.550. The fourth-order valence-electron chi connectivity index (χ4n) is 3.55. The summed E-state index contributed by atoms with van der Waals surface area (Å²) in [6.07, 6.45) is 1.81. The summed E-state index contributed by atoms with van der Waals surface area (Å²) in [7, 11) is 0. The zero-order chi connectivity index (χ0) is 20.6. The molecule has 0 saturated carbocycles. The lowest BCUT2D eigenvalue weighted by molar-refractivity contribution is -0.138. The molecule has 2 aromatic rings. The molecule has 28 heavy (non-hydrogen) atoms. The van der Waals surface area contributed by atoms with E-state index in [2.05, 4.69) is 54.6 Å². The van der Waals surface area contributed by atoms with E-state index in [9.17, 15) is 9.90 Å². The fourth-order valence-corrected chi connectivity index (χ4v) is 3.55. The van der Waals surface area contributed by atoms with Crippen LogP contribution in [0.25, 0.3) is 11.8 Å². The lowest BCUT2D eigenvalue weighted by Crippen LogP contribution is -2.13. The summed E-state index contributed by atoms with van der Waals surface area (Å²) in [4.78, 5) is 16.5. The first kappa shape index (κ1) is 19.7. The second-order valence-corrected chi connectivity index (χ2v) is 7.12. The van der Waals surface area contributed by atoms with Crippen molar-refractivity contribution in [1.82, 2.24) is 4.57 Å². The third-order valence-electron chi connectivity index (χ3n) is 4.98. The molecule has 0 bridgehead atoms. The van der Waals surface area contributed by atoms with Crippen molar-refractivity contribution in [3.05, 3.63) is 69.4 Å². The van der Waals surface area contributed by atoms with Crippen LogP contribution in [-0.4, -0.2) is 28.0 Å². The van der Waals surface area contributed by atoms with Crippen molar-refractivity contribution in [3.8, 4) is 5.69 Å². The van der Waals surface area contributed by atoms with Crippen LogP contribution in [0.5, 0.6) is 0 Å². The number of aryl methyl sites for hydroxylation is 3. The largest absolute Gasteiger partial charge is 0.505 e. The Morgan fingerprint density at radius 1 is 1.18 bits per heavy atom. The molecule has 0 aliphatic carbocycles. The van der Waals surface area contributed by atoms with Crippen molar-refractivity contribution in [2.75, 3.05) is 6.61 Å². The lowest BCUT2D eigenvalue weighted by Gasteiger charge is -2.13. The fraction of sp³-hybridized carbons (Fsp3) is 0.304. The van der Waals surface area contributed by atoms with Gasteiger partial charge in [0.25, 0.3) is 0 Å². The molecule has 146 valence electrons. The van der Waals surface area contributed by atoms with Crippen LogP contribution >= 0.6 is 0 Å². The Labute approximate surface area is 165 Å². The first-order valence-corrected chi connectivity index (χ1v) is 9.39. The van der Waals surface area contributed by atoms with E-state index in [0.717, 1.165) is 22.6 Å². The Bertz CT molecular complexity index is 1050. The summed E-state index contributed by atoms with van der Waals surface area (Å²) in [5.74, 6) is -0.682. The molecule has 0 fully saturated rings. The first-order chi connectivity index (χ1) is 13.2. The number of aliphatic imine (C=N–C) groups is 1. The highest BCUT2D eigenvalue weighted by atomic mass is 16.5. The predicted octanol–water partition coefficient (Wildman–Crippen LogP) is 4.90. The summed E-state index contributed by atoms with van der Waals surface area (Å²) in [6, 6.07) is 8.45. The van der Waals surface area contributed by atoms with Gasteiger partial charge in [-0.2, -0.15) is 0 Å². The lowest BCUT2D eigenvalue weighted by atomic mass is 10.1. The minimum Gasteiger partial charge on any atom is -0.505 e. The number of nitrogens with zero attached hydrogens (tertiary/aromatic N) is 2. The maximum Gasteiger partial charge on any atom is 0.343 e. The van der Waals surface area contributed by atoms with Gasteiger partial charge in [-0.3, -0.25) is 0 Å². The second kappa shape index (κ2) is 7.50. The molecule has 3 rings (SSSR count). The summed E-state index contributed by atoms with van der Waals surface area (Å²) >= 11 is 0. The number of carbonyl (C=O) groups is 1. The zero-order valence-corrected chi connectivity index (χ0v) is 17.3. The summed E-state index contributed by atoms with van der Waals surface area (Å²) in [5.41, 5.74) is 7.58. The molecule has 5 nitrogen and oxygen atoms in total. The van der Waals surface area contributed by atoms with Crippen LogP contribution < -0.4 is 0 Å². The van der Waals surface area contributed by atoms with Crippen molar-refractivity contribution in [1.29, 1.82) is 0 Å². The van der Waals surface area contributed by atoms with Gasteiger partial charge in [0.1, 0.15) is 11.3 Å². The van der Waals surface area contributed by atoms with E-state index in [1.54, 1.807) is 13.8 Å². The van der Waals surface area contributed by atoms with E-state index < -0.39 is 5.97 Å². The average Bonchev–Trinajstić information content (AvgIpc) is 3.06. The summed E-state index contributed by atoms with van der Waals surface area (Å²) < 4.78 is 7.23. The van der Waals surface area contributed by atoms with Gasteiger partial charge >= 0.3 is 5.97 Å². The molecule has 0 unspecified atom stereocenters. The number of benzene rings is 1. The van der Waals surface area contributed by atoms with Gasteiger partial charge in [0.05, 0.1) is 12.3 Å². The third-order valence-corrected chi connectivity index (χ3v) is 4.98. The van der Waals surface area contributed by atoms with Crippen LogP contribution in [-0.2, 0) is 9.53 Å². The minimum absolute atomic E-state index is 0.132. The molecule has 1 aromatic heterocycles. The van der Waals surface area contributed by atoms with Gasteiger partial charge in [0.15, 0.2) is 5.76 Å². The molecule has 0 amide bonds. The molecule has 1 aromatic carbocycles. The van der Waals surface area contributed by atoms with Gasteiger partial charge in [-0.25, -0.2) is 9.79 Å². The van der Waals surface area contributed by atoms with Crippen LogP contribution in [0.2, 0.25) is 0 Å².